The number of rotatable bonds is 4. The van der Waals surface area contributed by atoms with E-state index < -0.39 is 5.54 Å². The zero-order valence-corrected chi connectivity index (χ0v) is 16.9. The number of fused-ring (bicyclic) bond motifs is 4. The summed E-state index contributed by atoms with van der Waals surface area (Å²) in [5.41, 5.74) is 8.55. The average Bonchev–Trinajstić information content (AvgIpc) is 3.54. The van der Waals surface area contributed by atoms with E-state index in [0.29, 0.717) is 6.61 Å². The van der Waals surface area contributed by atoms with E-state index >= 15 is 0 Å². The van der Waals surface area contributed by atoms with Crippen molar-refractivity contribution < 1.29 is 14.2 Å². The van der Waals surface area contributed by atoms with Gasteiger partial charge in [-0.1, -0.05) is 6.07 Å². The largest absolute Gasteiger partial charge is 0.490 e. The third-order valence-corrected chi connectivity index (χ3v) is 6.98. The summed E-state index contributed by atoms with van der Waals surface area (Å²) in [6.45, 7) is 1.33. The van der Waals surface area contributed by atoms with Crippen LogP contribution in [0.15, 0.2) is 41.9 Å². The lowest BCUT2D eigenvalue weighted by atomic mass is 9.67. The van der Waals surface area contributed by atoms with Crippen molar-refractivity contribution in [1.82, 2.24) is 9.97 Å². The Morgan fingerprint density at radius 3 is 2.73 bits per heavy atom. The first-order valence-electron chi connectivity index (χ1n) is 10.9. The second-order valence-corrected chi connectivity index (χ2v) is 8.98. The predicted molar refractivity (Wildman–Crippen MR) is 111 cm³/mol. The van der Waals surface area contributed by atoms with Gasteiger partial charge >= 0.3 is 0 Å². The molecule has 2 aliphatic heterocycles. The van der Waals surface area contributed by atoms with Crippen LogP contribution in [0.3, 0.4) is 0 Å². The zero-order valence-electron chi connectivity index (χ0n) is 16.9. The van der Waals surface area contributed by atoms with E-state index in [1.54, 1.807) is 0 Å². The number of nitrogens with zero attached hydrogens (tertiary/aromatic N) is 3. The first kappa shape index (κ1) is 18.1. The highest BCUT2D eigenvalue weighted by Crippen LogP contribution is 2.53. The van der Waals surface area contributed by atoms with Crippen LogP contribution >= 0.6 is 0 Å². The molecule has 4 atom stereocenters. The van der Waals surface area contributed by atoms with Crippen molar-refractivity contribution in [2.75, 3.05) is 13.2 Å². The van der Waals surface area contributed by atoms with E-state index in [1.165, 1.54) is 19.2 Å². The van der Waals surface area contributed by atoms with Crippen molar-refractivity contribution in [2.24, 2.45) is 22.6 Å². The molecule has 30 heavy (non-hydrogen) atoms. The molecule has 2 N–H and O–H groups in total. The second-order valence-electron chi connectivity index (χ2n) is 8.98. The van der Waals surface area contributed by atoms with Crippen LogP contribution in [0.1, 0.15) is 37.7 Å². The Hall–Kier alpha value is -2.67. The number of amidine groups is 1. The Kier molecular flexibility index (Phi) is 4.19. The first-order chi connectivity index (χ1) is 14.7. The molecule has 2 saturated carbocycles. The second kappa shape index (κ2) is 6.94. The van der Waals surface area contributed by atoms with Crippen LogP contribution in [0.4, 0.5) is 0 Å². The molecular weight excluding hydrogens is 380 g/mol. The van der Waals surface area contributed by atoms with Crippen molar-refractivity contribution in [3.8, 4) is 16.9 Å². The molecule has 3 heterocycles. The summed E-state index contributed by atoms with van der Waals surface area (Å²) in [5.74, 6) is 1.81. The van der Waals surface area contributed by atoms with E-state index in [9.17, 15) is 0 Å². The summed E-state index contributed by atoms with van der Waals surface area (Å²) in [4.78, 5) is 13.2. The minimum absolute atomic E-state index is 0.0995. The molecule has 156 valence electrons. The smallest absolute Gasteiger partial charge is 0.283 e. The van der Waals surface area contributed by atoms with Crippen molar-refractivity contribution in [2.45, 2.75) is 49.9 Å². The van der Waals surface area contributed by atoms with E-state index in [1.807, 2.05) is 18.5 Å². The van der Waals surface area contributed by atoms with Gasteiger partial charge in [-0.05, 0) is 55.7 Å². The molecule has 0 bridgehead atoms. The van der Waals surface area contributed by atoms with E-state index in [2.05, 4.69) is 22.1 Å². The zero-order chi connectivity index (χ0) is 20.1. The highest BCUT2D eigenvalue weighted by atomic mass is 16.5. The van der Waals surface area contributed by atoms with Gasteiger partial charge in [0.1, 0.15) is 30.3 Å². The number of hydrogen-bond acceptors (Lipinski definition) is 7. The van der Waals surface area contributed by atoms with Gasteiger partial charge in [0.25, 0.3) is 6.02 Å². The van der Waals surface area contributed by atoms with Gasteiger partial charge in [0.2, 0.25) is 0 Å². The number of nitrogens with two attached hydrogens (primary N) is 1. The fourth-order valence-corrected chi connectivity index (χ4v) is 5.19. The summed E-state index contributed by atoms with van der Waals surface area (Å²) in [7, 11) is 0. The minimum Gasteiger partial charge on any atom is -0.490 e. The number of ether oxygens (including phenoxy) is 3. The topological polar surface area (TPSA) is 91.9 Å². The van der Waals surface area contributed by atoms with Crippen LogP contribution in [0.25, 0.3) is 11.1 Å². The molecular formula is C23H26N4O3. The minimum atomic E-state index is -0.532. The third-order valence-electron chi connectivity index (χ3n) is 6.98. The summed E-state index contributed by atoms with van der Waals surface area (Å²) in [5, 5.41) is 0. The number of aromatic nitrogens is 2. The van der Waals surface area contributed by atoms with Crippen molar-refractivity contribution in [1.29, 1.82) is 0 Å². The quantitative estimate of drug-likeness (QED) is 0.839. The van der Waals surface area contributed by atoms with Gasteiger partial charge in [-0.25, -0.2) is 15.0 Å². The van der Waals surface area contributed by atoms with E-state index in [4.69, 9.17) is 24.9 Å². The molecule has 6 rings (SSSR count). The predicted octanol–water partition coefficient (Wildman–Crippen LogP) is 3.04. The molecule has 4 aliphatic rings. The molecule has 0 saturated heterocycles. The van der Waals surface area contributed by atoms with Gasteiger partial charge in [-0.15, -0.1) is 0 Å². The Balaban J connectivity index is 1.38. The summed E-state index contributed by atoms with van der Waals surface area (Å²) in [6, 6.07) is 6.49. The fourth-order valence-electron chi connectivity index (χ4n) is 5.19. The van der Waals surface area contributed by atoms with Gasteiger partial charge in [0.05, 0.1) is 6.10 Å². The van der Waals surface area contributed by atoms with Crippen molar-refractivity contribution in [3.63, 3.8) is 0 Å². The summed E-state index contributed by atoms with van der Waals surface area (Å²) in [6.07, 6.45) is 11.0. The highest BCUT2D eigenvalue weighted by Gasteiger charge is 2.55. The number of hydrogen-bond donors (Lipinski definition) is 1. The molecule has 2 aromatic rings. The summed E-state index contributed by atoms with van der Waals surface area (Å²) >= 11 is 0. The van der Waals surface area contributed by atoms with Crippen molar-refractivity contribution >= 4 is 6.02 Å². The van der Waals surface area contributed by atoms with E-state index in [0.717, 1.165) is 54.2 Å². The third kappa shape index (κ3) is 3.03. The standard InChI is InChI=1S/C23H26N4O3/c24-22-27-23(12-29-22)18-7-15(16-9-25-13-26-10-16)3-5-20(18)30-21-6-4-17(8-19(21)23)28-11-14-1-2-14/h3,5,7,9-10,13-14,17,19,21H,1-2,4,6,8,11-12H2,(H2,24,27)/t17?,19-,21-,23-/m0/s1. The maximum Gasteiger partial charge on any atom is 0.283 e. The summed E-state index contributed by atoms with van der Waals surface area (Å²) < 4.78 is 18.5. The molecule has 0 radical (unpaired) electrons. The monoisotopic (exact) mass is 406 g/mol. The van der Waals surface area contributed by atoms with E-state index in [-0.39, 0.29) is 24.1 Å². The van der Waals surface area contributed by atoms with Crippen molar-refractivity contribution in [3.05, 3.63) is 42.5 Å². The Morgan fingerprint density at radius 2 is 1.97 bits per heavy atom. The molecule has 1 spiro atoms. The molecule has 7 nitrogen and oxygen atoms in total. The van der Waals surface area contributed by atoms with Gasteiger partial charge in [-0.3, -0.25) is 0 Å². The first-order valence-corrected chi connectivity index (χ1v) is 10.9. The van der Waals surface area contributed by atoms with Crippen LogP contribution in [-0.4, -0.2) is 41.4 Å². The van der Waals surface area contributed by atoms with Crippen LogP contribution in [-0.2, 0) is 15.0 Å². The van der Waals surface area contributed by atoms with Gasteiger partial charge < -0.3 is 19.9 Å². The Bertz CT molecular complexity index is 978. The lowest BCUT2D eigenvalue weighted by Crippen LogP contribution is -2.52. The normalized spacial score (nSPS) is 32.0. The molecule has 1 aromatic heterocycles. The van der Waals surface area contributed by atoms with Gasteiger partial charge in [-0.2, -0.15) is 0 Å². The van der Waals surface area contributed by atoms with Gasteiger partial charge in [0.15, 0.2) is 0 Å². The highest BCUT2D eigenvalue weighted by molar-refractivity contribution is 5.75. The SMILES string of the molecule is NC1=N[C@@]2(CO1)c1cc(-c3cncnc3)ccc1O[C@H]1CCC(OCC3CC3)C[C@@H]12. The lowest BCUT2D eigenvalue weighted by molar-refractivity contribution is -0.0643. The van der Waals surface area contributed by atoms with Crippen LogP contribution in [0.2, 0.25) is 0 Å². The number of benzene rings is 1. The molecule has 1 unspecified atom stereocenters. The molecule has 0 amide bonds. The van der Waals surface area contributed by atoms with Crippen LogP contribution in [0, 0.1) is 11.8 Å². The average molecular weight is 406 g/mol. The van der Waals surface area contributed by atoms with Crippen LogP contribution < -0.4 is 10.5 Å². The van der Waals surface area contributed by atoms with Gasteiger partial charge in [0, 0.05) is 36.0 Å². The van der Waals surface area contributed by atoms with Crippen LogP contribution in [0.5, 0.6) is 5.75 Å². The maximum atomic E-state index is 6.48. The molecule has 2 fully saturated rings. The Morgan fingerprint density at radius 1 is 1.10 bits per heavy atom. The molecule has 1 aromatic carbocycles. The number of aliphatic imine (C=N–C) groups is 1. The molecule has 2 aliphatic carbocycles. The maximum absolute atomic E-state index is 6.48. The lowest BCUT2D eigenvalue weighted by Gasteiger charge is -2.48. The molecule has 7 heteroatoms. The Labute approximate surface area is 175 Å². The fraction of sp³-hybridized carbons (Fsp3) is 0.522.